The fourth-order valence-corrected chi connectivity index (χ4v) is 1.49. The van der Waals surface area contributed by atoms with Crippen LogP contribution in [0.3, 0.4) is 0 Å². The SMILES string of the molecule is CC(CN(C)C(=O)NCCCN(C)C(C)C)C(=O)O. The third-order valence-electron chi connectivity index (χ3n) is 3.16. The van der Waals surface area contributed by atoms with E-state index in [1.54, 1.807) is 14.0 Å². The third kappa shape index (κ3) is 7.66. The summed E-state index contributed by atoms with van der Waals surface area (Å²) in [5.74, 6) is -1.44. The first-order chi connectivity index (χ1) is 8.75. The maximum Gasteiger partial charge on any atom is 0.317 e. The van der Waals surface area contributed by atoms with Crippen LogP contribution in [0.15, 0.2) is 0 Å². The van der Waals surface area contributed by atoms with Gasteiger partial charge in [-0.15, -0.1) is 0 Å². The summed E-state index contributed by atoms with van der Waals surface area (Å²) >= 11 is 0. The summed E-state index contributed by atoms with van der Waals surface area (Å²) in [7, 11) is 3.65. The fourth-order valence-electron chi connectivity index (χ4n) is 1.49. The summed E-state index contributed by atoms with van der Waals surface area (Å²) in [6.45, 7) is 7.57. The molecule has 1 atom stereocenters. The molecule has 0 aromatic rings. The van der Waals surface area contributed by atoms with Crippen LogP contribution in [0, 0.1) is 5.92 Å². The molecule has 0 heterocycles. The topological polar surface area (TPSA) is 72.9 Å². The van der Waals surface area contributed by atoms with Crippen molar-refractivity contribution < 1.29 is 14.7 Å². The van der Waals surface area contributed by atoms with Crippen LogP contribution in [-0.2, 0) is 4.79 Å². The second-order valence-corrected chi connectivity index (χ2v) is 5.28. The van der Waals surface area contributed by atoms with Gasteiger partial charge in [0.1, 0.15) is 0 Å². The molecule has 112 valence electrons. The van der Waals surface area contributed by atoms with Crippen molar-refractivity contribution in [2.75, 3.05) is 33.7 Å². The Morgan fingerprint density at radius 1 is 1.21 bits per heavy atom. The van der Waals surface area contributed by atoms with Gasteiger partial charge in [-0.1, -0.05) is 6.92 Å². The molecule has 0 rings (SSSR count). The number of rotatable bonds is 8. The Morgan fingerprint density at radius 3 is 2.26 bits per heavy atom. The number of hydrogen-bond acceptors (Lipinski definition) is 3. The van der Waals surface area contributed by atoms with Gasteiger partial charge in [0.05, 0.1) is 5.92 Å². The largest absolute Gasteiger partial charge is 0.481 e. The zero-order valence-corrected chi connectivity index (χ0v) is 12.6. The summed E-state index contributed by atoms with van der Waals surface area (Å²) in [6.07, 6.45) is 0.878. The van der Waals surface area contributed by atoms with E-state index in [0.29, 0.717) is 12.6 Å². The van der Waals surface area contributed by atoms with E-state index < -0.39 is 11.9 Å². The summed E-state index contributed by atoms with van der Waals surface area (Å²) in [5, 5.41) is 11.6. The normalized spacial score (nSPS) is 12.6. The smallest absolute Gasteiger partial charge is 0.317 e. The molecule has 2 N–H and O–H groups in total. The van der Waals surface area contributed by atoms with Crippen LogP contribution in [0.1, 0.15) is 27.2 Å². The number of nitrogens with one attached hydrogen (secondary N) is 1. The Morgan fingerprint density at radius 2 is 1.79 bits per heavy atom. The predicted octanol–water partition coefficient (Wildman–Crippen LogP) is 1.08. The van der Waals surface area contributed by atoms with E-state index >= 15 is 0 Å². The van der Waals surface area contributed by atoms with Crippen LogP contribution in [0.4, 0.5) is 4.79 Å². The molecule has 0 bridgehead atoms. The lowest BCUT2D eigenvalue weighted by molar-refractivity contribution is -0.141. The van der Waals surface area contributed by atoms with Gasteiger partial charge < -0.3 is 20.2 Å². The number of urea groups is 1. The van der Waals surface area contributed by atoms with E-state index in [1.807, 2.05) is 7.05 Å². The monoisotopic (exact) mass is 273 g/mol. The Hall–Kier alpha value is -1.30. The Bertz CT molecular complexity index is 295. The Balaban J connectivity index is 3.83. The van der Waals surface area contributed by atoms with Crippen molar-refractivity contribution in [2.24, 2.45) is 5.92 Å². The molecule has 0 radical (unpaired) electrons. The predicted molar refractivity (Wildman–Crippen MR) is 75.2 cm³/mol. The minimum atomic E-state index is -0.891. The summed E-state index contributed by atoms with van der Waals surface area (Å²) in [4.78, 5) is 26.0. The van der Waals surface area contributed by atoms with Gasteiger partial charge in [-0.2, -0.15) is 0 Å². The number of hydrogen-bond donors (Lipinski definition) is 2. The van der Waals surface area contributed by atoms with Gasteiger partial charge >= 0.3 is 12.0 Å². The number of nitrogens with zero attached hydrogens (tertiary/aromatic N) is 2. The molecule has 0 saturated carbocycles. The summed E-state index contributed by atoms with van der Waals surface area (Å²) in [5.41, 5.74) is 0. The van der Waals surface area contributed by atoms with Crippen molar-refractivity contribution in [1.29, 1.82) is 0 Å². The first kappa shape index (κ1) is 17.7. The molecule has 0 fully saturated rings. The average molecular weight is 273 g/mol. The summed E-state index contributed by atoms with van der Waals surface area (Å²) in [6, 6.07) is 0.273. The standard InChI is InChI=1S/C13H27N3O3/c1-10(2)15(4)8-6-7-14-13(19)16(5)9-11(3)12(17)18/h10-11H,6-9H2,1-5H3,(H,14,19)(H,17,18). The maximum atomic E-state index is 11.7. The van der Waals surface area contributed by atoms with Crippen LogP contribution in [0.5, 0.6) is 0 Å². The highest BCUT2D eigenvalue weighted by molar-refractivity contribution is 5.75. The zero-order chi connectivity index (χ0) is 15.0. The van der Waals surface area contributed by atoms with Crippen LogP contribution in [0.2, 0.25) is 0 Å². The fraction of sp³-hybridized carbons (Fsp3) is 0.846. The third-order valence-corrected chi connectivity index (χ3v) is 3.16. The number of amides is 2. The average Bonchev–Trinajstić information content (AvgIpc) is 2.33. The number of carboxylic acid groups (broad SMARTS) is 1. The lowest BCUT2D eigenvalue weighted by Crippen LogP contribution is -2.41. The number of carbonyl (C=O) groups is 2. The highest BCUT2D eigenvalue weighted by Crippen LogP contribution is 1.99. The molecule has 0 aliphatic carbocycles. The molecule has 6 nitrogen and oxygen atoms in total. The maximum absolute atomic E-state index is 11.7. The lowest BCUT2D eigenvalue weighted by Gasteiger charge is -2.22. The van der Waals surface area contributed by atoms with Crippen LogP contribution in [0.25, 0.3) is 0 Å². The van der Waals surface area contributed by atoms with E-state index in [1.165, 1.54) is 4.90 Å². The summed E-state index contributed by atoms with van der Waals surface area (Å²) < 4.78 is 0. The number of carbonyl (C=O) groups excluding carboxylic acids is 1. The van der Waals surface area contributed by atoms with Crippen molar-refractivity contribution in [2.45, 2.75) is 33.2 Å². The molecule has 0 aliphatic heterocycles. The highest BCUT2D eigenvalue weighted by Gasteiger charge is 2.16. The Kier molecular flexibility index (Phi) is 8.14. The zero-order valence-electron chi connectivity index (χ0n) is 12.6. The number of aliphatic carboxylic acids is 1. The number of carboxylic acids is 1. The second kappa shape index (κ2) is 8.74. The van der Waals surface area contributed by atoms with Crippen molar-refractivity contribution in [3.63, 3.8) is 0 Å². The van der Waals surface area contributed by atoms with Gasteiger partial charge in [0, 0.05) is 26.2 Å². The van der Waals surface area contributed by atoms with Gasteiger partial charge in [-0.25, -0.2) is 4.79 Å². The van der Waals surface area contributed by atoms with Gasteiger partial charge in [0.25, 0.3) is 0 Å². The van der Waals surface area contributed by atoms with Gasteiger partial charge in [-0.3, -0.25) is 4.79 Å². The highest BCUT2D eigenvalue weighted by atomic mass is 16.4. The molecule has 0 aromatic carbocycles. The Labute approximate surface area is 115 Å². The minimum absolute atomic E-state index is 0.215. The molecule has 0 saturated heterocycles. The van der Waals surface area contributed by atoms with E-state index in [9.17, 15) is 9.59 Å². The van der Waals surface area contributed by atoms with Crippen molar-refractivity contribution in [3.05, 3.63) is 0 Å². The van der Waals surface area contributed by atoms with Crippen LogP contribution < -0.4 is 5.32 Å². The van der Waals surface area contributed by atoms with Gasteiger partial charge in [0.2, 0.25) is 0 Å². The molecule has 0 spiro atoms. The first-order valence-electron chi connectivity index (χ1n) is 6.67. The minimum Gasteiger partial charge on any atom is -0.481 e. The molecule has 19 heavy (non-hydrogen) atoms. The van der Waals surface area contributed by atoms with Gasteiger partial charge in [0.15, 0.2) is 0 Å². The molecular formula is C13H27N3O3. The van der Waals surface area contributed by atoms with E-state index in [0.717, 1.165) is 13.0 Å². The van der Waals surface area contributed by atoms with Crippen molar-refractivity contribution >= 4 is 12.0 Å². The van der Waals surface area contributed by atoms with E-state index in [4.69, 9.17) is 5.11 Å². The van der Waals surface area contributed by atoms with E-state index in [-0.39, 0.29) is 12.6 Å². The second-order valence-electron chi connectivity index (χ2n) is 5.28. The van der Waals surface area contributed by atoms with Crippen LogP contribution >= 0.6 is 0 Å². The molecule has 0 aromatic heterocycles. The molecule has 1 unspecified atom stereocenters. The first-order valence-corrected chi connectivity index (χ1v) is 6.67. The quantitative estimate of drug-likeness (QED) is 0.649. The van der Waals surface area contributed by atoms with Crippen LogP contribution in [-0.4, -0.2) is 66.7 Å². The van der Waals surface area contributed by atoms with Crippen molar-refractivity contribution in [1.82, 2.24) is 15.1 Å². The van der Waals surface area contributed by atoms with E-state index in [2.05, 4.69) is 24.1 Å². The molecule has 0 aliphatic rings. The lowest BCUT2D eigenvalue weighted by atomic mass is 10.2. The molecular weight excluding hydrogens is 246 g/mol. The van der Waals surface area contributed by atoms with Gasteiger partial charge in [-0.05, 0) is 33.9 Å². The van der Waals surface area contributed by atoms with Crippen molar-refractivity contribution in [3.8, 4) is 0 Å². The molecule has 6 heteroatoms. The molecule has 2 amide bonds.